The molecule has 0 spiro atoms. The van der Waals surface area contributed by atoms with Crippen LogP contribution in [0.2, 0.25) is 0 Å². The number of benzene rings is 2. The zero-order valence-electron chi connectivity index (χ0n) is 14.1. The van der Waals surface area contributed by atoms with Crippen molar-refractivity contribution in [2.75, 3.05) is 4.31 Å². The van der Waals surface area contributed by atoms with E-state index < -0.39 is 21.3 Å². The Bertz CT molecular complexity index is 840. The van der Waals surface area contributed by atoms with E-state index in [0.29, 0.717) is 5.69 Å². The van der Waals surface area contributed by atoms with Gasteiger partial charge in [0.1, 0.15) is 6.04 Å². The molecule has 0 N–H and O–H groups in total. The second-order valence-electron chi connectivity index (χ2n) is 5.83. The lowest BCUT2D eigenvalue weighted by Gasteiger charge is -2.31. The topological polar surface area (TPSA) is 54.5 Å². The summed E-state index contributed by atoms with van der Waals surface area (Å²) in [6.07, 6.45) is 0. The molecule has 0 aliphatic rings. The van der Waals surface area contributed by atoms with E-state index >= 15 is 0 Å². The Morgan fingerprint density at radius 2 is 1.50 bits per heavy atom. The molecule has 2 rings (SSSR count). The normalized spacial score (nSPS) is 12.7. The highest BCUT2D eigenvalue weighted by atomic mass is 35.5. The van der Waals surface area contributed by atoms with Gasteiger partial charge in [-0.2, -0.15) is 0 Å². The fraction of sp³-hybridized carbons (Fsp3) is 0.278. The summed E-state index contributed by atoms with van der Waals surface area (Å²) in [6, 6.07) is 11.0. The molecule has 0 heterocycles. The van der Waals surface area contributed by atoms with Crippen molar-refractivity contribution >= 4 is 32.6 Å². The molecule has 24 heavy (non-hydrogen) atoms. The summed E-state index contributed by atoms with van der Waals surface area (Å²) in [5.74, 6) is 0. The quantitative estimate of drug-likeness (QED) is 0.753. The van der Waals surface area contributed by atoms with Crippen LogP contribution in [0.3, 0.4) is 0 Å². The number of carbonyl (C=O) groups excluding carboxylic acids is 1. The van der Waals surface area contributed by atoms with Crippen LogP contribution in [0.5, 0.6) is 0 Å². The number of sulfonamides is 1. The third-order valence-electron chi connectivity index (χ3n) is 3.92. The predicted molar refractivity (Wildman–Crippen MR) is 97.1 cm³/mol. The molecule has 0 bridgehead atoms. The fourth-order valence-electron chi connectivity index (χ4n) is 2.59. The van der Waals surface area contributed by atoms with Crippen LogP contribution < -0.4 is 4.31 Å². The van der Waals surface area contributed by atoms with Crippen molar-refractivity contribution in [3.63, 3.8) is 0 Å². The first-order valence-corrected chi connectivity index (χ1v) is 9.34. The average Bonchev–Trinajstić information content (AvgIpc) is 2.50. The van der Waals surface area contributed by atoms with Crippen molar-refractivity contribution in [2.45, 2.75) is 38.6 Å². The van der Waals surface area contributed by atoms with Crippen LogP contribution in [0.25, 0.3) is 0 Å². The largest absolute Gasteiger partial charge is 0.279 e. The minimum Gasteiger partial charge on any atom is -0.279 e. The van der Waals surface area contributed by atoms with E-state index in [1.807, 2.05) is 39.0 Å². The van der Waals surface area contributed by atoms with Gasteiger partial charge in [0.2, 0.25) is 5.24 Å². The van der Waals surface area contributed by atoms with Gasteiger partial charge >= 0.3 is 0 Å². The third kappa shape index (κ3) is 3.47. The van der Waals surface area contributed by atoms with Crippen LogP contribution in [-0.2, 0) is 14.8 Å². The highest BCUT2D eigenvalue weighted by molar-refractivity contribution is 7.93. The Morgan fingerprint density at radius 3 is 1.96 bits per heavy atom. The molecule has 2 aromatic rings. The van der Waals surface area contributed by atoms with E-state index in [1.165, 1.54) is 19.1 Å². The molecule has 0 aromatic heterocycles. The van der Waals surface area contributed by atoms with Crippen molar-refractivity contribution in [1.82, 2.24) is 0 Å². The lowest BCUT2D eigenvalue weighted by atomic mass is 10.1. The Kier molecular flexibility index (Phi) is 5.35. The average molecular weight is 366 g/mol. The van der Waals surface area contributed by atoms with Crippen LogP contribution in [0.15, 0.2) is 47.4 Å². The minimum absolute atomic E-state index is 0.125. The highest BCUT2D eigenvalue weighted by Crippen LogP contribution is 2.32. The first-order valence-electron chi connectivity index (χ1n) is 7.53. The smallest absolute Gasteiger partial charge is 0.265 e. The Hall–Kier alpha value is -1.85. The van der Waals surface area contributed by atoms with Gasteiger partial charge < -0.3 is 0 Å². The molecule has 0 aliphatic heterocycles. The molecule has 0 amide bonds. The molecule has 0 radical (unpaired) electrons. The summed E-state index contributed by atoms with van der Waals surface area (Å²) in [5.41, 5.74) is 2.96. The second-order valence-corrected chi connectivity index (χ2v) is 8.02. The molecule has 0 fully saturated rings. The fourth-order valence-corrected chi connectivity index (χ4v) is 4.49. The van der Waals surface area contributed by atoms with Gasteiger partial charge in [-0.05, 0) is 62.6 Å². The first kappa shape index (κ1) is 18.5. The van der Waals surface area contributed by atoms with Gasteiger partial charge in [-0.25, -0.2) is 8.42 Å². The van der Waals surface area contributed by atoms with Gasteiger partial charge in [-0.1, -0.05) is 35.9 Å². The van der Waals surface area contributed by atoms with Gasteiger partial charge in [0.05, 0.1) is 10.6 Å². The minimum atomic E-state index is -3.93. The zero-order chi connectivity index (χ0) is 18.1. The Labute approximate surface area is 148 Å². The molecule has 4 nitrogen and oxygen atoms in total. The van der Waals surface area contributed by atoms with Gasteiger partial charge in [0.15, 0.2) is 0 Å². The molecule has 2 aromatic carbocycles. The Morgan fingerprint density at radius 1 is 1.00 bits per heavy atom. The Balaban J connectivity index is 2.71. The number of hydrogen-bond donors (Lipinski definition) is 0. The van der Waals surface area contributed by atoms with Crippen molar-refractivity contribution in [1.29, 1.82) is 0 Å². The van der Waals surface area contributed by atoms with Gasteiger partial charge in [-0.3, -0.25) is 9.10 Å². The molecule has 0 saturated carbocycles. The second kappa shape index (κ2) is 6.95. The van der Waals surface area contributed by atoms with E-state index in [9.17, 15) is 13.2 Å². The van der Waals surface area contributed by atoms with E-state index in [1.54, 1.807) is 12.1 Å². The summed E-state index contributed by atoms with van der Waals surface area (Å²) in [6.45, 7) is 6.99. The SMILES string of the molecule is Cc1ccc(S(=O)(=O)N(c2c(C)cccc2C)C(C)C(=O)Cl)cc1. The van der Waals surface area contributed by atoms with E-state index in [-0.39, 0.29) is 4.90 Å². The number of nitrogens with zero attached hydrogens (tertiary/aromatic N) is 1. The number of anilines is 1. The highest BCUT2D eigenvalue weighted by Gasteiger charge is 2.34. The van der Waals surface area contributed by atoms with E-state index in [0.717, 1.165) is 21.0 Å². The van der Waals surface area contributed by atoms with E-state index in [4.69, 9.17) is 11.6 Å². The van der Waals surface area contributed by atoms with Crippen molar-refractivity contribution in [3.8, 4) is 0 Å². The molecule has 1 unspecified atom stereocenters. The molecule has 128 valence electrons. The zero-order valence-corrected chi connectivity index (χ0v) is 15.6. The van der Waals surface area contributed by atoms with Crippen LogP contribution in [0.4, 0.5) is 5.69 Å². The predicted octanol–water partition coefficient (Wildman–Crippen LogP) is 3.96. The number of halogens is 1. The van der Waals surface area contributed by atoms with Crippen molar-refractivity contribution in [2.24, 2.45) is 0 Å². The number of hydrogen-bond acceptors (Lipinski definition) is 3. The van der Waals surface area contributed by atoms with Crippen LogP contribution in [0.1, 0.15) is 23.6 Å². The van der Waals surface area contributed by atoms with Crippen LogP contribution in [-0.4, -0.2) is 19.7 Å². The lowest BCUT2D eigenvalue weighted by Crippen LogP contribution is -2.42. The summed E-state index contributed by atoms with van der Waals surface area (Å²) < 4.78 is 27.5. The number of para-hydroxylation sites is 1. The summed E-state index contributed by atoms with van der Waals surface area (Å²) in [4.78, 5) is 11.9. The molecule has 0 aliphatic carbocycles. The summed E-state index contributed by atoms with van der Waals surface area (Å²) >= 11 is 5.65. The van der Waals surface area contributed by atoms with Crippen LogP contribution in [0, 0.1) is 20.8 Å². The van der Waals surface area contributed by atoms with Crippen LogP contribution >= 0.6 is 11.6 Å². The van der Waals surface area contributed by atoms with Gasteiger partial charge in [0, 0.05) is 0 Å². The molecule has 1 atom stereocenters. The number of rotatable bonds is 5. The molecule has 6 heteroatoms. The van der Waals surface area contributed by atoms with Gasteiger partial charge in [-0.15, -0.1) is 0 Å². The monoisotopic (exact) mass is 365 g/mol. The van der Waals surface area contributed by atoms with Crippen molar-refractivity contribution < 1.29 is 13.2 Å². The standard InChI is InChI=1S/C18H20ClNO3S/c1-12-8-10-16(11-9-12)24(22,23)20(15(4)18(19)21)17-13(2)6-5-7-14(17)3/h5-11,15H,1-4H3. The molecular formula is C18H20ClNO3S. The maximum atomic E-state index is 13.2. The van der Waals surface area contributed by atoms with E-state index in [2.05, 4.69) is 0 Å². The van der Waals surface area contributed by atoms with Gasteiger partial charge in [0.25, 0.3) is 10.0 Å². The maximum Gasteiger partial charge on any atom is 0.265 e. The number of carbonyl (C=O) groups is 1. The summed E-state index contributed by atoms with van der Waals surface area (Å²) in [5, 5.41) is -0.728. The molecular weight excluding hydrogens is 346 g/mol. The van der Waals surface area contributed by atoms with Crippen molar-refractivity contribution in [3.05, 3.63) is 59.2 Å². The third-order valence-corrected chi connectivity index (χ3v) is 6.12. The lowest BCUT2D eigenvalue weighted by molar-refractivity contribution is -0.112. The molecule has 0 saturated heterocycles. The first-order chi connectivity index (χ1) is 11.2. The maximum absolute atomic E-state index is 13.2. The summed E-state index contributed by atoms with van der Waals surface area (Å²) in [7, 11) is -3.93. The number of aryl methyl sites for hydroxylation is 3.